The van der Waals surface area contributed by atoms with Crippen molar-refractivity contribution in [3.05, 3.63) is 52.9 Å². The second-order valence-electron chi connectivity index (χ2n) is 4.16. The molecule has 6 heteroatoms. The van der Waals surface area contributed by atoms with Gasteiger partial charge in [0.1, 0.15) is 0 Å². The molecule has 0 aliphatic carbocycles. The average molecular weight is 266 g/mol. The van der Waals surface area contributed by atoms with Crippen LogP contribution in [0.15, 0.2) is 24.3 Å². The first-order valence-electron chi connectivity index (χ1n) is 5.55. The Balaban J connectivity index is 2.43. The summed E-state index contributed by atoms with van der Waals surface area (Å²) in [5, 5.41) is 8.69. The number of carbonyl (C=O) groups is 1. The Morgan fingerprint density at radius 3 is 2.21 bits per heavy atom. The van der Waals surface area contributed by atoms with Gasteiger partial charge in [-0.25, -0.2) is 13.6 Å². The van der Waals surface area contributed by atoms with E-state index in [4.69, 9.17) is 5.11 Å². The first-order valence-corrected chi connectivity index (χ1v) is 5.55. The molecule has 0 fully saturated rings. The van der Waals surface area contributed by atoms with Crippen LogP contribution in [0.25, 0.3) is 0 Å². The molecule has 2 rings (SSSR count). The summed E-state index contributed by atoms with van der Waals surface area (Å²) in [6, 6.07) is 5.86. The van der Waals surface area contributed by atoms with Gasteiger partial charge in [0.25, 0.3) is 0 Å². The topological polar surface area (TPSA) is 54.3 Å². The molecule has 0 bridgehead atoms. The van der Waals surface area contributed by atoms with Crippen LogP contribution in [0.4, 0.5) is 14.5 Å². The van der Waals surface area contributed by atoms with E-state index in [1.165, 1.54) is 6.07 Å². The monoisotopic (exact) mass is 266 g/mol. The zero-order chi connectivity index (χ0) is 14.2. The van der Waals surface area contributed by atoms with E-state index in [1.807, 2.05) is 12.1 Å². The number of anilines is 1. The predicted molar refractivity (Wildman–Crippen MR) is 66.2 cm³/mol. The van der Waals surface area contributed by atoms with Crippen molar-refractivity contribution in [1.82, 2.24) is 4.68 Å². The number of aromatic nitrogens is 1. The van der Waals surface area contributed by atoms with Crippen molar-refractivity contribution in [3.8, 4) is 0 Å². The molecule has 0 amide bonds. The van der Waals surface area contributed by atoms with Crippen molar-refractivity contribution in [3.63, 3.8) is 0 Å². The van der Waals surface area contributed by atoms with Crippen LogP contribution in [0.1, 0.15) is 21.7 Å². The number of aryl methyl sites for hydroxylation is 2. The Morgan fingerprint density at radius 1 is 1.11 bits per heavy atom. The smallest absolute Gasteiger partial charge is 0.338 e. The molecule has 1 aromatic heterocycles. The maximum absolute atomic E-state index is 13.8. The fraction of sp³-hybridized carbons (Fsp3) is 0.154. The number of nitrogens with one attached hydrogen (secondary N) is 1. The highest BCUT2D eigenvalue weighted by molar-refractivity contribution is 5.88. The lowest BCUT2D eigenvalue weighted by molar-refractivity contribution is 0.0690. The summed E-state index contributed by atoms with van der Waals surface area (Å²) in [5.41, 5.74) is 3.53. The normalized spacial score (nSPS) is 10.5. The second kappa shape index (κ2) is 4.72. The van der Waals surface area contributed by atoms with E-state index >= 15 is 0 Å². The Bertz CT molecular complexity index is 631. The molecule has 1 heterocycles. The summed E-state index contributed by atoms with van der Waals surface area (Å²) in [5.74, 6) is -4.09. The Kier molecular flexibility index (Phi) is 3.25. The number of nitrogens with zero attached hydrogens (tertiary/aromatic N) is 1. The third-order valence-corrected chi connectivity index (χ3v) is 2.82. The lowest BCUT2D eigenvalue weighted by atomic mass is 10.2. The molecule has 0 saturated heterocycles. The third kappa shape index (κ3) is 2.29. The maximum atomic E-state index is 13.8. The molecule has 1 aromatic carbocycles. The zero-order valence-corrected chi connectivity index (χ0v) is 10.4. The fourth-order valence-electron chi connectivity index (χ4n) is 1.77. The van der Waals surface area contributed by atoms with Crippen LogP contribution < -0.4 is 5.43 Å². The first-order chi connectivity index (χ1) is 8.91. The van der Waals surface area contributed by atoms with Crippen LogP contribution in [-0.2, 0) is 0 Å². The van der Waals surface area contributed by atoms with Gasteiger partial charge >= 0.3 is 5.97 Å². The standard InChI is InChI=1S/C13H12F2N2O2/c1-7-3-4-8(2)17(7)16-10-6-5-9(13(18)19)11(14)12(10)15/h3-6,16H,1-2H3,(H,18,19). The zero-order valence-electron chi connectivity index (χ0n) is 10.4. The van der Waals surface area contributed by atoms with Crippen molar-refractivity contribution in [2.45, 2.75) is 13.8 Å². The van der Waals surface area contributed by atoms with Gasteiger partial charge in [-0.05, 0) is 38.1 Å². The fourth-order valence-corrected chi connectivity index (χ4v) is 1.77. The van der Waals surface area contributed by atoms with Crippen LogP contribution in [0.3, 0.4) is 0 Å². The highest BCUT2D eigenvalue weighted by Gasteiger charge is 2.18. The van der Waals surface area contributed by atoms with Crippen LogP contribution >= 0.6 is 0 Å². The summed E-state index contributed by atoms with van der Waals surface area (Å²) in [6.45, 7) is 3.61. The largest absolute Gasteiger partial charge is 0.478 e. The molecular formula is C13H12F2N2O2. The van der Waals surface area contributed by atoms with Crippen LogP contribution in [0.2, 0.25) is 0 Å². The molecule has 0 saturated carbocycles. The lowest BCUT2D eigenvalue weighted by Crippen LogP contribution is -2.15. The third-order valence-electron chi connectivity index (χ3n) is 2.82. The van der Waals surface area contributed by atoms with E-state index in [0.29, 0.717) is 0 Å². The molecule has 0 aliphatic rings. The Morgan fingerprint density at radius 2 is 1.68 bits per heavy atom. The van der Waals surface area contributed by atoms with Gasteiger partial charge in [0.2, 0.25) is 0 Å². The van der Waals surface area contributed by atoms with Gasteiger partial charge in [-0.2, -0.15) is 0 Å². The van der Waals surface area contributed by atoms with E-state index in [2.05, 4.69) is 5.43 Å². The number of hydrogen-bond donors (Lipinski definition) is 2. The van der Waals surface area contributed by atoms with Gasteiger partial charge in [-0.1, -0.05) is 0 Å². The van der Waals surface area contributed by atoms with E-state index in [-0.39, 0.29) is 5.69 Å². The molecule has 0 atom stereocenters. The Labute approximate surface area is 108 Å². The highest BCUT2D eigenvalue weighted by atomic mass is 19.2. The summed E-state index contributed by atoms with van der Waals surface area (Å²) >= 11 is 0. The number of carboxylic acid groups (broad SMARTS) is 1. The van der Waals surface area contributed by atoms with Crippen molar-refractivity contribution >= 4 is 11.7 Å². The Hall–Kier alpha value is -2.37. The molecule has 0 spiro atoms. The molecule has 0 radical (unpaired) electrons. The summed E-state index contributed by atoms with van der Waals surface area (Å²) < 4.78 is 28.9. The number of carboxylic acids is 1. The van der Waals surface area contributed by atoms with E-state index in [0.717, 1.165) is 17.5 Å². The van der Waals surface area contributed by atoms with Crippen molar-refractivity contribution in [2.75, 3.05) is 5.43 Å². The summed E-state index contributed by atoms with van der Waals surface area (Å²) in [4.78, 5) is 10.7. The SMILES string of the molecule is Cc1ccc(C)n1Nc1ccc(C(=O)O)c(F)c1F. The highest BCUT2D eigenvalue weighted by Crippen LogP contribution is 2.21. The van der Waals surface area contributed by atoms with Gasteiger partial charge < -0.3 is 5.11 Å². The van der Waals surface area contributed by atoms with Gasteiger partial charge in [-0.15, -0.1) is 0 Å². The van der Waals surface area contributed by atoms with E-state index in [1.54, 1.807) is 18.5 Å². The molecule has 100 valence electrons. The predicted octanol–water partition coefficient (Wildman–Crippen LogP) is 2.96. The van der Waals surface area contributed by atoms with Crippen molar-refractivity contribution in [2.24, 2.45) is 0 Å². The second-order valence-corrected chi connectivity index (χ2v) is 4.16. The minimum atomic E-state index is -1.50. The van der Waals surface area contributed by atoms with E-state index in [9.17, 15) is 13.6 Å². The molecule has 2 N–H and O–H groups in total. The average Bonchev–Trinajstić information content (AvgIpc) is 2.66. The maximum Gasteiger partial charge on any atom is 0.338 e. The minimum Gasteiger partial charge on any atom is -0.478 e. The van der Waals surface area contributed by atoms with Gasteiger partial charge in [-0.3, -0.25) is 10.1 Å². The number of aromatic carboxylic acids is 1. The van der Waals surface area contributed by atoms with Crippen molar-refractivity contribution < 1.29 is 18.7 Å². The van der Waals surface area contributed by atoms with Crippen molar-refractivity contribution in [1.29, 1.82) is 0 Å². The van der Waals surface area contributed by atoms with Crippen LogP contribution in [-0.4, -0.2) is 15.8 Å². The molecule has 0 aliphatic heterocycles. The minimum absolute atomic E-state index is 0.120. The molecule has 2 aromatic rings. The van der Waals surface area contributed by atoms with Crippen LogP contribution in [0, 0.1) is 25.5 Å². The molecular weight excluding hydrogens is 254 g/mol. The van der Waals surface area contributed by atoms with Crippen LogP contribution in [0.5, 0.6) is 0 Å². The molecule has 0 unspecified atom stereocenters. The first kappa shape index (κ1) is 13.1. The number of rotatable bonds is 3. The number of halogens is 2. The number of benzene rings is 1. The lowest BCUT2D eigenvalue weighted by Gasteiger charge is -2.14. The van der Waals surface area contributed by atoms with Gasteiger partial charge in [0, 0.05) is 11.4 Å². The van der Waals surface area contributed by atoms with Gasteiger partial charge in [0.05, 0.1) is 11.3 Å². The number of hydrogen-bond acceptors (Lipinski definition) is 2. The van der Waals surface area contributed by atoms with E-state index < -0.39 is 23.2 Å². The summed E-state index contributed by atoms with van der Waals surface area (Å²) in [6.07, 6.45) is 0. The summed E-state index contributed by atoms with van der Waals surface area (Å²) in [7, 11) is 0. The van der Waals surface area contributed by atoms with Gasteiger partial charge in [0.15, 0.2) is 11.6 Å². The molecule has 19 heavy (non-hydrogen) atoms. The quantitative estimate of drug-likeness (QED) is 0.898. The molecule has 4 nitrogen and oxygen atoms in total.